The fourth-order valence-electron chi connectivity index (χ4n) is 2.46. The molecule has 0 bridgehead atoms. The highest BCUT2D eigenvalue weighted by Crippen LogP contribution is 2.13. The molecule has 2 heterocycles. The van der Waals surface area contributed by atoms with Gasteiger partial charge >= 0.3 is 0 Å². The molecule has 1 atom stereocenters. The lowest BCUT2D eigenvalue weighted by molar-refractivity contribution is 0.0224. The Bertz CT molecular complexity index is 172. The third-order valence-corrected chi connectivity index (χ3v) is 3.43. The van der Waals surface area contributed by atoms with E-state index in [2.05, 4.69) is 28.7 Å². The van der Waals surface area contributed by atoms with Crippen molar-refractivity contribution in [2.45, 2.75) is 13.0 Å². The summed E-state index contributed by atoms with van der Waals surface area (Å²) in [5.41, 5.74) is 0. The lowest BCUT2D eigenvalue weighted by Gasteiger charge is -2.46. The average molecular weight is 183 g/mol. The van der Waals surface area contributed by atoms with Crippen molar-refractivity contribution in [3.63, 3.8) is 0 Å². The molecule has 0 aliphatic carbocycles. The predicted octanol–water partition coefficient (Wildman–Crippen LogP) is -0.0621. The minimum atomic E-state index is 0.799. The molecule has 0 amide bonds. The standard InChI is InChI=1S/C10H21N3/c1-3-12-5-7-13-6-4-11(2)8-10(13)9-12/h10H,3-9H2,1-2H3. The highest BCUT2D eigenvalue weighted by Gasteiger charge is 2.29. The van der Waals surface area contributed by atoms with E-state index in [1.807, 2.05) is 0 Å². The molecule has 76 valence electrons. The lowest BCUT2D eigenvalue weighted by atomic mass is 10.1. The summed E-state index contributed by atoms with van der Waals surface area (Å²) >= 11 is 0. The van der Waals surface area contributed by atoms with Gasteiger partial charge in [0.05, 0.1) is 0 Å². The second-order valence-electron chi connectivity index (χ2n) is 4.35. The van der Waals surface area contributed by atoms with Crippen LogP contribution < -0.4 is 0 Å². The van der Waals surface area contributed by atoms with Crippen LogP contribution in [0.5, 0.6) is 0 Å². The Labute approximate surface area is 81.3 Å². The van der Waals surface area contributed by atoms with Gasteiger partial charge in [-0.2, -0.15) is 0 Å². The monoisotopic (exact) mass is 183 g/mol. The summed E-state index contributed by atoms with van der Waals surface area (Å²) in [6.07, 6.45) is 0. The van der Waals surface area contributed by atoms with Crippen LogP contribution in [0.3, 0.4) is 0 Å². The van der Waals surface area contributed by atoms with E-state index in [-0.39, 0.29) is 0 Å². The summed E-state index contributed by atoms with van der Waals surface area (Å²) in [4.78, 5) is 7.69. The Morgan fingerprint density at radius 2 is 1.85 bits per heavy atom. The zero-order valence-electron chi connectivity index (χ0n) is 8.87. The van der Waals surface area contributed by atoms with E-state index in [0.717, 1.165) is 6.04 Å². The molecule has 3 heteroatoms. The molecule has 2 rings (SSSR count). The summed E-state index contributed by atoms with van der Waals surface area (Å²) in [6, 6.07) is 0.799. The van der Waals surface area contributed by atoms with Gasteiger partial charge in [-0.25, -0.2) is 0 Å². The SMILES string of the molecule is CCN1CCN2CCN(C)CC2C1. The zero-order valence-corrected chi connectivity index (χ0v) is 8.87. The van der Waals surface area contributed by atoms with Crippen molar-refractivity contribution in [2.75, 3.05) is 52.9 Å². The first-order valence-electron chi connectivity index (χ1n) is 5.44. The van der Waals surface area contributed by atoms with Crippen LogP contribution >= 0.6 is 0 Å². The second kappa shape index (κ2) is 3.95. The first-order chi connectivity index (χ1) is 6.29. The first kappa shape index (κ1) is 9.44. The normalized spacial score (nSPS) is 33.2. The third-order valence-electron chi connectivity index (χ3n) is 3.43. The van der Waals surface area contributed by atoms with E-state index in [4.69, 9.17) is 0 Å². The van der Waals surface area contributed by atoms with Crippen LogP contribution in [0.25, 0.3) is 0 Å². The second-order valence-corrected chi connectivity index (χ2v) is 4.35. The van der Waals surface area contributed by atoms with Crippen molar-refractivity contribution in [2.24, 2.45) is 0 Å². The predicted molar refractivity (Wildman–Crippen MR) is 55.0 cm³/mol. The molecule has 0 spiro atoms. The van der Waals surface area contributed by atoms with Crippen molar-refractivity contribution in [3.05, 3.63) is 0 Å². The lowest BCUT2D eigenvalue weighted by Crippen LogP contribution is -2.61. The number of rotatable bonds is 1. The molecular weight excluding hydrogens is 162 g/mol. The Balaban J connectivity index is 1.91. The molecule has 0 aromatic heterocycles. The van der Waals surface area contributed by atoms with Crippen LogP contribution in [0.4, 0.5) is 0 Å². The summed E-state index contributed by atoms with van der Waals surface area (Å²) in [6.45, 7) is 11.1. The molecular formula is C10H21N3. The molecule has 2 fully saturated rings. The van der Waals surface area contributed by atoms with Gasteiger partial charge in [-0.15, -0.1) is 0 Å². The van der Waals surface area contributed by atoms with Crippen molar-refractivity contribution >= 4 is 0 Å². The van der Waals surface area contributed by atoms with E-state index in [9.17, 15) is 0 Å². The Morgan fingerprint density at radius 1 is 1.08 bits per heavy atom. The Hall–Kier alpha value is -0.120. The van der Waals surface area contributed by atoms with E-state index in [0.29, 0.717) is 0 Å². The van der Waals surface area contributed by atoms with Crippen molar-refractivity contribution in [1.29, 1.82) is 0 Å². The fourth-order valence-corrected chi connectivity index (χ4v) is 2.46. The molecule has 0 aromatic rings. The minimum absolute atomic E-state index is 0.799. The van der Waals surface area contributed by atoms with Gasteiger partial charge in [0, 0.05) is 45.3 Å². The number of hydrogen-bond acceptors (Lipinski definition) is 3. The largest absolute Gasteiger partial charge is 0.303 e. The van der Waals surface area contributed by atoms with Crippen molar-refractivity contribution < 1.29 is 0 Å². The van der Waals surface area contributed by atoms with Gasteiger partial charge in [-0.05, 0) is 13.6 Å². The number of piperazine rings is 2. The van der Waals surface area contributed by atoms with Crippen LogP contribution in [0.15, 0.2) is 0 Å². The summed E-state index contributed by atoms with van der Waals surface area (Å²) in [5, 5.41) is 0. The van der Waals surface area contributed by atoms with Gasteiger partial charge in [0.1, 0.15) is 0 Å². The van der Waals surface area contributed by atoms with Crippen LogP contribution in [0.2, 0.25) is 0 Å². The van der Waals surface area contributed by atoms with Crippen LogP contribution in [-0.2, 0) is 0 Å². The van der Waals surface area contributed by atoms with Gasteiger partial charge in [-0.1, -0.05) is 6.92 Å². The molecule has 2 aliphatic heterocycles. The molecule has 0 aromatic carbocycles. The average Bonchev–Trinajstić information content (AvgIpc) is 2.16. The van der Waals surface area contributed by atoms with Gasteiger partial charge < -0.3 is 9.80 Å². The van der Waals surface area contributed by atoms with E-state index in [1.54, 1.807) is 0 Å². The zero-order chi connectivity index (χ0) is 9.26. The van der Waals surface area contributed by atoms with Crippen LogP contribution in [0, 0.1) is 0 Å². The quantitative estimate of drug-likeness (QED) is 0.564. The van der Waals surface area contributed by atoms with Gasteiger partial charge in [-0.3, -0.25) is 4.90 Å². The third kappa shape index (κ3) is 2.03. The first-order valence-corrected chi connectivity index (χ1v) is 5.44. The summed E-state index contributed by atoms with van der Waals surface area (Å²) < 4.78 is 0. The number of likely N-dealkylation sites (N-methyl/N-ethyl adjacent to an activating group) is 2. The summed E-state index contributed by atoms with van der Waals surface area (Å²) in [7, 11) is 2.24. The fraction of sp³-hybridized carbons (Fsp3) is 1.00. The smallest absolute Gasteiger partial charge is 0.0351 e. The Kier molecular flexibility index (Phi) is 2.86. The van der Waals surface area contributed by atoms with Crippen LogP contribution in [-0.4, -0.2) is 73.6 Å². The number of fused-ring (bicyclic) bond motifs is 1. The minimum Gasteiger partial charge on any atom is -0.303 e. The van der Waals surface area contributed by atoms with Gasteiger partial charge in [0.15, 0.2) is 0 Å². The topological polar surface area (TPSA) is 9.72 Å². The molecule has 2 saturated heterocycles. The molecule has 13 heavy (non-hydrogen) atoms. The van der Waals surface area contributed by atoms with E-state index >= 15 is 0 Å². The summed E-state index contributed by atoms with van der Waals surface area (Å²) in [5.74, 6) is 0. The molecule has 0 N–H and O–H groups in total. The maximum Gasteiger partial charge on any atom is 0.0351 e. The maximum absolute atomic E-state index is 2.66. The number of nitrogens with zero attached hydrogens (tertiary/aromatic N) is 3. The van der Waals surface area contributed by atoms with E-state index < -0.39 is 0 Å². The Morgan fingerprint density at radius 3 is 2.62 bits per heavy atom. The molecule has 2 aliphatic rings. The van der Waals surface area contributed by atoms with E-state index in [1.165, 1.54) is 45.8 Å². The van der Waals surface area contributed by atoms with Crippen molar-refractivity contribution in [1.82, 2.24) is 14.7 Å². The van der Waals surface area contributed by atoms with Gasteiger partial charge in [0.25, 0.3) is 0 Å². The molecule has 0 radical (unpaired) electrons. The highest BCUT2D eigenvalue weighted by molar-refractivity contribution is 4.87. The molecule has 1 unspecified atom stereocenters. The molecule has 0 saturated carbocycles. The highest BCUT2D eigenvalue weighted by atomic mass is 15.3. The van der Waals surface area contributed by atoms with Crippen molar-refractivity contribution in [3.8, 4) is 0 Å². The van der Waals surface area contributed by atoms with Gasteiger partial charge in [0.2, 0.25) is 0 Å². The van der Waals surface area contributed by atoms with Crippen LogP contribution in [0.1, 0.15) is 6.92 Å². The number of hydrogen-bond donors (Lipinski definition) is 0. The maximum atomic E-state index is 2.66. The molecule has 3 nitrogen and oxygen atoms in total.